The number of rotatable bonds is 3. The number of ether oxygens (including phenoxy) is 1. The first-order valence-corrected chi connectivity index (χ1v) is 4.22. The summed E-state index contributed by atoms with van der Waals surface area (Å²) < 4.78 is 4.48. The van der Waals surface area contributed by atoms with E-state index < -0.39 is 0 Å². The van der Waals surface area contributed by atoms with Gasteiger partial charge in [-0.3, -0.25) is 0 Å². The molecule has 0 aliphatic rings. The van der Waals surface area contributed by atoms with Crippen LogP contribution in [0.15, 0.2) is 0 Å². The average molecular weight is 173 g/mol. The largest absolute Gasteiger partial charge is 0.453 e. The Bertz CT molecular complexity index is 153. The SMILES string of the molecule is COC(=O)NCC(C)(C)C(C)C. The van der Waals surface area contributed by atoms with Crippen molar-refractivity contribution in [2.75, 3.05) is 13.7 Å². The molecule has 72 valence electrons. The van der Waals surface area contributed by atoms with Crippen LogP contribution in [-0.2, 0) is 4.74 Å². The predicted molar refractivity (Wildman–Crippen MR) is 49.0 cm³/mol. The van der Waals surface area contributed by atoms with E-state index in [4.69, 9.17) is 0 Å². The van der Waals surface area contributed by atoms with Gasteiger partial charge in [0.25, 0.3) is 0 Å². The Morgan fingerprint density at radius 1 is 1.50 bits per heavy atom. The Kier molecular flexibility index (Phi) is 4.07. The third-order valence-corrected chi connectivity index (χ3v) is 2.44. The summed E-state index contributed by atoms with van der Waals surface area (Å²) in [6.45, 7) is 9.16. The number of hydrogen-bond donors (Lipinski definition) is 1. The summed E-state index contributed by atoms with van der Waals surface area (Å²) in [5.74, 6) is 0.537. The lowest BCUT2D eigenvalue weighted by molar-refractivity contribution is 0.158. The van der Waals surface area contributed by atoms with E-state index in [1.54, 1.807) is 0 Å². The third-order valence-electron chi connectivity index (χ3n) is 2.44. The van der Waals surface area contributed by atoms with Crippen molar-refractivity contribution in [3.8, 4) is 0 Å². The van der Waals surface area contributed by atoms with Crippen LogP contribution < -0.4 is 5.32 Å². The number of alkyl carbamates (subject to hydrolysis) is 1. The van der Waals surface area contributed by atoms with Crippen molar-refractivity contribution >= 4 is 6.09 Å². The van der Waals surface area contributed by atoms with Gasteiger partial charge in [-0.1, -0.05) is 27.7 Å². The van der Waals surface area contributed by atoms with Crippen LogP contribution >= 0.6 is 0 Å². The normalized spacial score (nSPS) is 11.5. The lowest BCUT2D eigenvalue weighted by atomic mass is 9.81. The highest BCUT2D eigenvalue weighted by Gasteiger charge is 2.22. The minimum Gasteiger partial charge on any atom is -0.453 e. The Morgan fingerprint density at radius 3 is 2.33 bits per heavy atom. The van der Waals surface area contributed by atoms with Crippen LogP contribution in [-0.4, -0.2) is 19.7 Å². The first kappa shape index (κ1) is 11.3. The molecule has 3 heteroatoms. The quantitative estimate of drug-likeness (QED) is 0.709. The van der Waals surface area contributed by atoms with Crippen LogP contribution in [0.5, 0.6) is 0 Å². The molecule has 1 amide bonds. The smallest absolute Gasteiger partial charge is 0.406 e. The highest BCUT2D eigenvalue weighted by Crippen LogP contribution is 2.24. The van der Waals surface area contributed by atoms with E-state index in [0.717, 1.165) is 0 Å². The van der Waals surface area contributed by atoms with Gasteiger partial charge in [-0.15, -0.1) is 0 Å². The minimum atomic E-state index is -0.358. The molecule has 0 aliphatic carbocycles. The van der Waals surface area contributed by atoms with E-state index in [-0.39, 0.29) is 11.5 Å². The van der Waals surface area contributed by atoms with Gasteiger partial charge in [0, 0.05) is 6.54 Å². The van der Waals surface area contributed by atoms with Crippen LogP contribution in [0.3, 0.4) is 0 Å². The molecule has 0 spiro atoms. The summed E-state index contributed by atoms with van der Waals surface area (Å²) >= 11 is 0. The Morgan fingerprint density at radius 2 is 2.00 bits per heavy atom. The van der Waals surface area contributed by atoms with Gasteiger partial charge >= 0.3 is 6.09 Å². The molecule has 0 aromatic rings. The van der Waals surface area contributed by atoms with Crippen LogP contribution in [0.25, 0.3) is 0 Å². The molecule has 0 fully saturated rings. The molecule has 1 N–H and O–H groups in total. The second kappa shape index (κ2) is 4.33. The van der Waals surface area contributed by atoms with E-state index >= 15 is 0 Å². The van der Waals surface area contributed by atoms with Crippen LogP contribution in [0.4, 0.5) is 4.79 Å². The van der Waals surface area contributed by atoms with Gasteiger partial charge in [-0.05, 0) is 11.3 Å². The van der Waals surface area contributed by atoms with Crippen LogP contribution in [0, 0.1) is 11.3 Å². The van der Waals surface area contributed by atoms with E-state index in [1.165, 1.54) is 7.11 Å². The Hall–Kier alpha value is -0.730. The first-order valence-electron chi connectivity index (χ1n) is 4.22. The number of hydrogen-bond acceptors (Lipinski definition) is 2. The van der Waals surface area contributed by atoms with Crippen LogP contribution in [0.1, 0.15) is 27.7 Å². The molecule has 0 radical (unpaired) electrons. The lowest BCUT2D eigenvalue weighted by Crippen LogP contribution is -2.36. The molecule has 3 nitrogen and oxygen atoms in total. The Labute approximate surface area is 74.5 Å². The van der Waals surface area contributed by atoms with Gasteiger partial charge in [-0.2, -0.15) is 0 Å². The molecule has 0 bridgehead atoms. The third kappa shape index (κ3) is 3.60. The van der Waals surface area contributed by atoms with Crippen molar-refractivity contribution in [3.63, 3.8) is 0 Å². The fourth-order valence-electron chi connectivity index (χ4n) is 0.576. The number of carbonyl (C=O) groups is 1. The van der Waals surface area contributed by atoms with Gasteiger partial charge < -0.3 is 10.1 Å². The molecule has 0 aliphatic heterocycles. The second-order valence-electron chi connectivity index (χ2n) is 3.99. The van der Waals surface area contributed by atoms with E-state index in [0.29, 0.717) is 12.5 Å². The summed E-state index contributed by atoms with van der Waals surface area (Å²) in [7, 11) is 1.37. The highest BCUT2D eigenvalue weighted by atomic mass is 16.5. The maximum absolute atomic E-state index is 10.7. The number of methoxy groups -OCH3 is 1. The maximum Gasteiger partial charge on any atom is 0.406 e. The average Bonchev–Trinajstić information content (AvgIpc) is 2.00. The van der Waals surface area contributed by atoms with Gasteiger partial charge in [0.1, 0.15) is 0 Å². The number of amides is 1. The summed E-state index contributed by atoms with van der Waals surface area (Å²) in [4.78, 5) is 10.7. The molecule has 0 rings (SSSR count). The van der Waals surface area contributed by atoms with Crippen molar-refractivity contribution in [2.45, 2.75) is 27.7 Å². The lowest BCUT2D eigenvalue weighted by Gasteiger charge is -2.28. The summed E-state index contributed by atoms with van der Waals surface area (Å²) in [5.41, 5.74) is 0.119. The molecular formula is C9H19NO2. The van der Waals surface area contributed by atoms with E-state index in [1.807, 2.05) is 0 Å². The van der Waals surface area contributed by atoms with Gasteiger partial charge in [0.15, 0.2) is 0 Å². The fraction of sp³-hybridized carbons (Fsp3) is 0.889. The topological polar surface area (TPSA) is 38.3 Å². The standard InChI is InChI=1S/C9H19NO2/c1-7(2)9(3,4)6-10-8(11)12-5/h7H,6H2,1-5H3,(H,10,11). The number of nitrogens with one attached hydrogen (secondary N) is 1. The Balaban J connectivity index is 3.83. The minimum absolute atomic E-state index is 0.119. The molecule has 0 saturated heterocycles. The van der Waals surface area contributed by atoms with Crippen molar-refractivity contribution in [1.29, 1.82) is 0 Å². The van der Waals surface area contributed by atoms with Gasteiger partial charge in [0.2, 0.25) is 0 Å². The second-order valence-corrected chi connectivity index (χ2v) is 3.99. The van der Waals surface area contributed by atoms with Gasteiger partial charge in [0.05, 0.1) is 7.11 Å². The fourth-order valence-corrected chi connectivity index (χ4v) is 0.576. The maximum atomic E-state index is 10.7. The monoisotopic (exact) mass is 173 g/mol. The van der Waals surface area contributed by atoms with Crippen molar-refractivity contribution < 1.29 is 9.53 Å². The molecule has 0 atom stereocenters. The highest BCUT2D eigenvalue weighted by molar-refractivity contribution is 5.66. The van der Waals surface area contributed by atoms with Crippen molar-refractivity contribution in [2.24, 2.45) is 11.3 Å². The van der Waals surface area contributed by atoms with Crippen molar-refractivity contribution in [1.82, 2.24) is 5.32 Å². The molecule has 0 saturated carbocycles. The summed E-state index contributed by atoms with van der Waals surface area (Å²) in [6, 6.07) is 0. The molecule has 12 heavy (non-hydrogen) atoms. The zero-order valence-corrected chi connectivity index (χ0v) is 8.60. The van der Waals surface area contributed by atoms with E-state index in [2.05, 4.69) is 37.7 Å². The predicted octanol–water partition coefficient (Wildman–Crippen LogP) is 2.02. The first-order chi connectivity index (χ1) is 5.40. The molecule has 0 aromatic carbocycles. The molecular weight excluding hydrogens is 154 g/mol. The number of carbonyl (C=O) groups excluding carboxylic acids is 1. The summed E-state index contributed by atoms with van der Waals surface area (Å²) in [6.07, 6.45) is -0.358. The molecule has 0 unspecified atom stereocenters. The van der Waals surface area contributed by atoms with Crippen molar-refractivity contribution in [3.05, 3.63) is 0 Å². The zero-order chi connectivity index (χ0) is 9.78. The zero-order valence-electron chi connectivity index (χ0n) is 8.60. The van der Waals surface area contributed by atoms with Gasteiger partial charge in [-0.25, -0.2) is 4.79 Å². The van der Waals surface area contributed by atoms with E-state index in [9.17, 15) is 4.79 Å². The van der Waals surface area contributed by atoms with Crippen LogP contribution in [0.2, 0.25) is 0 Å². The molecule has 0 heterocycles. The summed E-state index contributed by atoms with van der Waals surface area (Å²) in [5, 5.41) is 2.69. The molecule has 0 aromatic heterocycles.